The van der Waals surface area contributed by atoms with Crippen LogP contribution in [0.25, 0.3) is 0 Å². The van der Waals surface area contributed by atoms with Gasteiger partial charge in [-0.3, -0.25) is 4.98 Å². The summed E-state index contributed by atoms with van der Waals surface area (Å²) in [4.78, 5) is 4.05. The molecule has 0 saturated heterocycles. The van der Waals surface area contributed by atoms with Crippen molar-refractivity contribution < 1.29 is 5.11 Å². The molecular formula is C8H10NO. The van der Waals surface area contributed by atoms with Crippen LogP contribution in [0.3, 0.4) is 0 Å². The Hall–Kier alpha value is -0.890. The van der Waals surface area contributed by atoms with Crippen LogP contribution in [0.1, 0.15) is 16.8 Å². The molecule has 1 heterocycles. The molecule has 1 radical (unpaired) electrons. The second-order valence-corrected chi connectivity index (χ2v) is 2.32. The van der Waals surface area contributed by atoms with Gasteiger partial charge >= 0.3 is 0 Å². The highest BCUT2D eigenvalue weighted by Crippen LogP contribution is 2.09. The van der Waals surface area contributed by atoms with Crippen molar-refractivity contribution in [3.8, 4) is 0 Å². The molecule has 0 spiro atoms. The standard InChI is InChI=1S/C8H10NO/c1-6-7(2)9-4-3-8(6)5-10/h3-4H,5H2,1-2H3. The lowest BCUT2D eigenvalue weighted by atomic mass is 10.1. The molecule has 0 amide bonds. The van der Waals surface area contributed by atoms with Crippen molar-refractivity contribution in [1.29, 1.82) is 0 Å². The van der Waals surface area contributed by atoms with Gasteiger partial charge in [0.05, 0.1) is 0 Å². The SMILES string of the molecule is Cc1nccc(C[O])c1C. The van der Waals surface area contributed by atoms with Crippen molar-refractivity contribution in [1.82, 2.24) is 4.98 Å². The molecule has 0 fully saturated rings. The van der Waals surface area contributed by atoms with Crippen LogP contribution in [0, 0.1) is 13.8 Å². The van der Waals surface area contributed by atoms with Gasteiger partial charge in [-0.2, -0.15) is 0 Å². The van der Waals surface area contributed by atoms with Crippen molar-refractivity contribution >= 4 is 0 Å². The Morgan fingerprint density at radius 3 is 2.70 bits per heavy atom. The maximum Gasteiger partial charge on any atom is 0.108 e. The lowest BCUT2D eigenvalue weighted by Gasteiger charge is -2.01. The highest BCUT2D eigenvalue weighted by Gasteiger charge is 1.98. The third-order valence-electron chi connectivity index (χ3n) is 1.72. The summed E-state index contributed by atoms with van der Waals surface area (Å²) in [5.74, 6) is 0. The molecule has 0 atom stereocenters. The number of pyridine rings is 1. The molecule has 0 N–H and O–H groups in total. The molecule has 10 heavy (non-hydrogen) atoms. The summed E-state index contributed by atoms with van der Waals surface area (Å²) in [5, 5.41) is 10.5. The first-order valence-corrected chi connectivity index (χ1v) is 3.25. The number of rotatable bonds is 1. The normalized spacial score (nSPS) is 9.90. The largest absolute Gasteiger partial charge is 0.261 e. The van der Waals surface area contributed by atoms with Crippen molar-refractivity contribution in [2.24, 2.45) is 0 Å². The van der Waals surface area contributed by atoms with Crippen molar-refractivity contribution in [2.75, 3.05) is 0 Å². The highest BCUT2D eigenvalue weighted by molar-refractivity contribution is 5.26. The molecule has 0 unspecified atom stereocenters. The molecule has 0 bridgehead atoms. The molecule has 2 nitrogen and oxygen atoms in total. The summed E-state index contributed by atoms with van der Waals surface area (Å²) in [6.45, 7) is 3.69. The van der Waals surface area contributed by atoms with E-state index in [9.17, 15) is 5.11 Å². The third kappa shape index (κ3) is 1.16. The minimum absolute atomic E-state index is 0.144. The van der Waals surface area contributed by atoms with E-state index in [0.717, 1.165) is 16.8 Å². The zero-order valence-corrected chi connectivity index (χ0v) is 6.22. The van der Waals surface area contributed by atoms with Gasteiger partial charge in [0.1, 0.15) is 6.61 Å². The van der Waals surface area contributed by atoms with Crippen LogP contribution in [-0.2, 0) is 11.7 Å². The molecule has 0 aliphatic carbocycles. The predicted molar refractivity (Wildman–Crippen MR) is 38.1 cm³/mol. The first kappa shape index (κ1) is 7.22. The monoisotopic (exact) mass is 136 g/mol. The average molecular weight is 136 g/mol. The average Bonchev–Trinajstić information content (AvgIpc) is 1.95. The van der Waals surface area contributed by atoms with E-state index in [1.807, 2.05) is 13.8 Å². The summed E-state index contributed by atoms with van der Waals surface area (Å²) < 4.78 is 0. The lowest BCUT2D eigenvalue weighted by molar-refractivity contribution is 0.177. The van der Waals surface area contributed by atoms with E-state index in [4.69, 9.17) is 0 Å². The molecule has 0 aromatic carbocycles. The van der Waals surface area contributed by atoms with Crippen LogP contribution in [0.15, 0.2) is 12.3 Å². The fourth-order valence-corrected chi connectivity index (χ4v) is 0.850. The summed E-state index contributed by atoms with van der Waals surface area (Å²) in [6.07, 6.45) is 1.68. The van der Waals surface area contributed by atoms with E-state index in [-0.39, 0.29) is 6.61 Å². The molecule has 1 aromatic rings. The van der Waals surface area contributed by atoms with Crippen LogP contribution >= 0.6 is 0 Å². The van der Waals surface area contributed by atoms with Gasteiger partial charge in [-0.15, -0.1) is 0 Å². The molecule has 0 saturated carbocycles. The van der Waals surface area contributed by atoms with Crippen LogP contribution in [0.5, 0.6) is 0 Å². The van der Waals surface area contributed by atoms with E-state index in [1.54, 1.807) is 12.3 Å². The number of aromatic nitrogens is 1. The number of hydrogen-bond acceptors (Lipinski definition) is 1. The lowest BCUT2D eigenvalue weighted by Crippen LogP contribution is -1.92. The zero-order valence-electron chi connectivity index (χ0n) is 6.22. The van der Waals surface area contributed by atoms with E-state index >= 15 is 0 Å². The minimum Gasteiger partial charge on any atom is -0.261 e. The topological polar surface area (TPSA) is 32.8 Å². The maximum absolute atomic E-state index is 10.5. The fraction of sp³-hybridized carbons (Fsp3) is 0.375. The van der Waals surface area contributed by atoms with E-state index in [1.165, 1.54) is 0 Å². The zero-order chi connectivity index (χ0) is 7.56. The maximum atomic E-state index is 10.5. The Morgan fingerprint density at radius 2 is 2.20 bits per heavy atom. The van der Waals surface area contributed by atoms with Crippen molar-refractivity contribution in [3.05, 3.63) is 29.1 Å². The number of hydrogen-bond donors (Lipinski definition) is 0. The summed E-state index contributed by atoms with van der Waals surface area (Å²) in [5.41, 5.74) is 2.83. The summed E-state index contributed by atoms with van der Waals surface area (Å²) in [7, 11) is 0. The Morgan fingerprint density at radius 1 is 1.50 bits per heavy atom. The molecule has 0 aliphatic heterocycles. The summed E-state index contributed by atoms with van der Waals surface area (Å²) >= 11 is 0. The Bertz CT molecular complexity index is 233. The third-order valence-corrected chi connectivity index (χ3v) is 1.72. The van der Waals surface area contributed by atoms with Gasteiger partial charge in [0.15, 0.2) is 0 Å². The second-order valence-electron chi connectivity index (χ2n) is 2.32. The van der Waals surface area contributed by atoms with Crippen LogP contribution < -0.4 is 0 Å². The molecule has 1 rings (SSSR count). The van der Waals surface area contributed by atoms with E-state index in [2.05, 4.69) is 4.98 Å². The molecular weight excluding hydrogens is 126 g/mol. The Kier molecular flexibility index (Phi) is 2.02. The molecule has 53 valence electrons. The van der Waals surface area contributed by atoms with E-state index < -0.39 is 0 Å². The Balaban J connectivity index is 3.14. The second kappa shape index (κ2) is 2.80. The molecule has 0 aliphatic rings. The number of nitrogens with zero attached hydrogens (tertiary/aromatic N) is 1. The van der Waals surface area contributed by atoms with Gasteiger partial charge in [-0.05, 0) is 31.0 Å². The van der Waals surface area contributed by atoms with Gasteiger partial charge in [0.2, 0.25) is 0 Å². The molecule has 1 aromatic heterocycles. The summed E-state index contributed by atoms with van der Waals surface area (Å²) in [6, 6.07) is 1.77. The minimum atomic E-state index is -0.144. The van der Waals surface area contributed by atoms with Gasteiger partial charge in [0.25, 0.3) is 0 Å². The van der Waals surface area contributed by atoms with Crippen LogP contribution in [0.4, 0.5) is 0 Å². The fourth-order valence-electron chi connectivity index (χ4n) is 0.850. The van der Waals surface area contributed by atoms with Crippen LogP contribution in [0.2, 0.25) is 0 Å². The molecule has 2 heteroatoms. The van der Waals surface area contributed by atoms with E-state index in [0.29, 0.717) is 0 Å². The predicted octanol–water partition coefficient (Wildman–Crippen LogP) is 1.63. The van der Waals surface area contributed by atoms with Gasteiger partial charge in [-0.1, -0.05) is 0 Å². The smallest absolute Gasteiger partial charge is 0.108 e. The van der Waals surface area contributed by atoms with Gasteiger partial charge < -0.3 is 0 Å². The first-order valence-electron chi connectivity index (χ1n) is 3.25. The highest BCUT2D eigenvalue weighted by atomic mass is 16.3. The van der Waals surface area contributed by atoms with Crippen LogP contribution in [-0.4, -0.2) is 4.98 Å². The van der Waals surface area contributed by atoms with Gasteiger partial charge in [-0.25, -0.2) is 5.11 Å². The Labute approximate surface area is 60.5 Å². The quantitative estimate of drug-likeness (QED) is 0.577. The number of aryl methyl sites for hydroxylation is 1. The van der Waals surface area contributed by atoms with Crippen molar-refractivity contribution in [2.45, 2.75) is 20.5 Å². The van der Waals surface area contributed by atoms with Gasteiger partial charge in [0, 0.05) is 11.9 Å². The first-order chi connectivity index (χ1) is 4.75. The van der Waals surface area contributed by atoms with Crippen molar-refractivity contribution in [3.63, 3.8) is 0 Å².